The molecule has 0 radical (unpaired) electrons. The minimum absolute atomic E-state index is 0.678. The summed E-state index contributed by atoms with van der Waals surface area (Å²) in [6, 6.07) is 21.2. The Morgan fingerprint density at radius 1 is 0.714 bits per heavy atom. The van der Waals surface area contributed by atoms with E-state index in [9.17, 15) is 0 Å². The van der Waals surface area contributed by atoms with Crippen LogP contribution in [-0.4, -0.2) is 13.1 Å². The van der Waals surface area contributed by atoms with Crippen molar-refractivity contribution in [1.82, 2.24) is 10.6 Å². The zero-order valence-corrected chi connectivity index (χ0v) is 12.9. The van der Waals surface area contributed by atoms with Gasteiger partial charge in [-0.15, -0.1) is 0 Å². The summed E-state index contributed by atoms with van der Waals surface area (Å²) in [6.07, 6.45) is 1.20. The van der Waals surface area contributed by atoms with Crippen molar-refractivity contribution >= 4 is 0 Å². The van der Waals surface area contributed by atoms with E-state index in [1.807, 2.05) is 0 Å². The minimum Gasteiger partial charge on any atom is -0.312 e. The Morgan fingerprint density at radius 3 is 1.52 bits per heavy atom. The second kappa shape index (κ2) is 9.32. The molecule has 0 heterocycles. The van der Waals surface area contributed by atoms with Crippen molar-refractivity contribution in [2.45, 2.75) is 26.4 Å². The van der Waals surface area contributed by atoms with Crippen LogP contribution in [0.15, 0.2) is 60.7 Å². The molecule has 0 fully saturated rings. The van der Waals surface area contributed by atoms with Crippen LogP contribution in [0, 0.1) is 5.92 Å². The summed E-state index contributed by atoms with van der Waals surface area (Å²) in [5.74, 6) is 0.678. The summed E-state index contributed by atoms with van der Waals surface area (Å²) in [6.45, 7) is 6.30. The summed E-state index contributed by atoms with van der Waals surface area (Å²) in [7, 11) is 0. The van der Waals surface area contributed by atoms with Crippen LogP contribution in [0.1, 0.15) is 24.5 Å². The van der Waals surface area contributed by atoms with Crippen LogP contribution in [-0.2, 0) is 13.1 Å². The fourth-order valence-electron chi connectivity index (χ4n) is 2.39. The van der Waals surface area contributed by atoms with Gasteiger partial charge in [0.2, 0.25) is 0 Å². The summed E-state index contributed by atoms with van der Waals surface area (Å²) < 4.78 is 0. The molecule has 0 aromatic heterocycles. The molecule has 2 rings (SSSR count). The predicted molar refractivity (Wildman–Crippen MR) is 90.1 cm³/mol. The number of hydrogen-bond donors (Lipinski definition) is 2. The Labute approximate surface area is 128 Å². The zero-order chi connectivity index (χ0) is 14.8. The second-order valence-electron chi connectivity index (χ2n) is 5.51. The highest BCUT2D eigenvalue weighted by Crippen LogP contribution is 2.03. The number of rotatable bonds is 9. The summed E-state index contributed by atoms with van der Waals surface area (Å²) in [5.41, 5.74) is 2.70. The topological polar surface area (TPSA) is 24.1 Å². The maximum Gasteiger partial charge on any atom is 0.0205 e. The molecule has 0 saturated carbocycles. The molecule has 0 atom stereocenters. The maximum atomic E-state index is 3.56. The van der Waals surface area contributed by atoms with Gasteiger partial charge in [-0.05, 0) is 30.1 Å². The molecule has 21 heavy (non-hydrogen) atoms. The molecule has 0 aliphatic carbocycles. The third kappa shape index (κ3) is 6.11. The first kappa shape index (κ1) is 15.7. The van der Waals surface area contributed by atoms with Crippen molar-refractivity contribution < 1.29 is 0 Å². The smallest absolute Gasteiger partial charge is 0.0205 e. The van der Waals surface area contributed by atoms with E-state index in [2.05, 4.69) is 78.2 Å². The third-order valence-corrected chi connectivity index (χ3v) is 3.79. The Balaban J connectivity index is 1.64. The quantitative estimate of drug-likeness (QED) is 0.734. The first-order valence-electron chi connectivity index (χ1n) is 7.87. The SMILES string of the molecule is CCC(CNCc1ccccc1)CNCc1ccccc1. The highest BCUT2D eigenvalue weighted by Gasteiger charge is 2.05. The first-order valence-corrected chi connectivity index (χ1v) is 7.87. The standard InChI is InChI=1S/C19H26N2/c1-2-17(13-20-15-18-9-5-3-6-10-18)14-21-16-19-11-7-4-8-12-19/h3-12,17,20-21H,2,13-16H2,1H3. The van der Waals surface area contributed by atoms with Crippen molar-refractivity contribution in [1.29, 1.82) is 0 Å². The molecule has 0 saturated heterocycles. The molecule has 112 valence electrons. The largest absolute Gasteiger partial charge is 0.312 e. The van der Waals surface area contributed by atoms with Crippen molar-refractivity contribution in [2.75, 3.05) is 13.1 Å². The number of nitrogens with one attached hydrogen (secondary N) is 2. The van der Waals surface area contributed by atoms with E-state index >= 15 is 0 Å². The molecule has 0 aliphatic heterocycles. The zero-order valence-electron chi connectivity index (χ0n) is 12.9. The molecule has 2 N–H and O–H groups in total. The Bertz CT molecular complexity index is 436. The van der Waals surface area contributed by atoms with Crippen LogP contribution in [0.25, 0.3) is 0 Å². The van der Waals surface area contributed by atoms with Crippen LogP contribution >= 0.6 is 0 Å². The highest BCUT2D eigenvalue weighted by atomic mass is 14.9. The lowest BCUT2D eigenvalue weighted by Gasteiger charge is -2.16. The van der Waals surface area contributed by atoms with E-state index in [-0.39, 0.29) is 0 Å². The van der Waals surface area contributed by atoms with Gasteiger partial charge < -0.3 is 10.6 Å². The molecule has 2 aromatic carbocycles. The van der Waals surface area contributed by atoms with E-state index in [4.69, 9.17) is 0 Å². The molecule has 0 unspecified atom stereocenters. The monoisotopic (exact) mass is 282 g/mol. The molecular weight excluding hydrogens is 256 g/mol. The lowest BCUT2D eigenvalue weighted by Crippen LogP contribution is -2.30. The fraction of sp³-hybridized carbons (Fsp3) is 0.368. The van der Waals surface area contributed by atoms with Gasteiger partial charge in [-0.3, -0.25) is 0 Å². The van der Waals surface area contributed by atoms with Gasteiger partial charge in [0.1, 0.15) is 0 Å². The molecule has 0 bridgehead atoms. The van der Waals surface area contributed by atoms with Crippen molar-refractivity contribution in [3.05, 3.63) is 71.8 Å². The lowest BCUT2D eigenvalue weighted by molar-refractivity contribution is 0.429. The molecule has 0 amide bonds. The van der Waals surface area contributed by atoms with Crippen molar-refractivity contribution in [2.24, 2.45) is 5.92 Å². The molecular formula is C19H26N2. The molecule has 0 aliphatic rings. The van der Waals surface area contributed by atoms with Crippen LogP contribution < -0.4 is 10.6 Å². The summed E-state index contributed by atoms with van der Waals surface area (Å²) in [4.78, 5) is 0. The molecule has 2 aromatic rings. The Morgan fingerprint density at radius 2 is 1.14 bits per heavy atom. The van der Waals surface area contributed by atoms with Gasteiger partial charge in [-0.2, -0.15) is 0 Å². The Hall–Kier alpha value is -1.64. The number of benzene rings is 2. The van der Waals surface area contributed by atoms with E-state index < -0.39 is 0 Å². The van der Waals surface area contributed by atoms with E-state index in [0.717, 1.165) is 26.2 Å². The predicted octanol–water partition coefficient (Wildman–Crippen LogP) is 3.59. The minimum atomic E-state index is 0.678. The van der Waals surface area contributed by atoms with E-state index in [1.54, 1.807) is 0 Å². The van der Waals surface area contributed by atoms with E-state index in [0.29, 0.717) is 5.92 Å². The average molecular weight is 282 g/mol. The average Bonchev–Trinajstić information content (AvgIpc) is 2.55. The molecule has 2 heteroatoms. The normalized spacial score (nSPS) is 11.0. The van der Waals surface area contributed by atoms with Gasteiger partial charge in [-0.1, -0.05) is 74.0 Å². The molecule has 0 spiro atoms. The van der Waals surface area contributed by atoms with Gasteiger partial charge in [0, 0.05) is 13.1 Å². The third-order valence-electron chi connectivity index (χ3n) is 3.79. The van der Waals surface area contributed by atoms with Gasteiger partial charge >= 0.3 is 0 Å². The first-order chi connectivity index (χ1) is 10.4. The van der Waals surface area contributed by atoms with Gasteiger partial charge in [0.25, 0.3) is 0 Å². The summed E-state index contributed by atoms with van der Waals surface area (Å²) in [5, 5.41) is 7.12. The fourth-order valence-corrected chi connectivity index (χ4v) is 2.39. The lowest BCUT2D eigenvalue weighted by atomic mass is 10.1. The molecule has 2 nitrogen and oxygen atoms in total. The highest BCUT2D eigenvalue weighted by molar-refractivity contribution is 5.15. The van der Waals surface area contributed by atoms with Crippen molar-refractivity contribution in [3.63, 3.8) is 0 Å². The van der Waals surface area contributed by atoms with Gasteiger partial charge in [0.15, 0.2) is 0 Å². The van der Waals surface area contributed by atoms with Crippen molar-refractivity contribution in [3.8, 4) is 0 Å². The van der Waals surface area contributed by atoms with E-state index in [1.165, 1.54) is 17.5 Å². The van der Waals surface area contributed by atoms with Crippen LogP contribution in [0.5, 0.6) is 0 Å². The van der Waals surface area contributed by atoms with Gasteiger partial charge in [0.05, 0.1) is 0 Å². The van der Waals surface area contributed by atoms with Crippen LogP contribution in [0.2, 0.25) is 0 Å². The number of hydrogen-bond acceptors (Lipinski definition) is 2. The summed E-state index contributed by atoms with van der Waals surface area (Å²) >= 11 is 0. The second-order valence-corrected chi connectivity index (χ2v) is 5.51. The van der Waals surface area contributed by atoms with Crippen LogP contribution in [0.4, 0.5) is 0 Å². The Kier molecular flexibility index (Phi) is 6.99. The maximum absolute atomic E-state index is 3.56. The van der Waals surface area contributed by atoms with Crippen LogP contribution in [0.3, 0.4) is 0 Å². The van der Waals surface area contributed by atoms with Gasteiger partial charge in [-0.25, -0.2) is 0 Å².